The summed E-state index contributed by atoms with van der Waals surface area (Å²) in [5.41, 5.74) is 3.05. The number of aryl methyl sites for hydroxylation is 2. The summed E-state index contributed by atoms with van der Waals surface area (Å²) >= 11 is 0. The van der Waals surface area contributed by atoms with E-state index in [1.54, 1.807) is 54.6 Å². The number of amides is 4. The molecule has 0 aliphatic carbocycles. The second kappa shape index (κ2) is 11.0. The fourth-order valence-electron chi connectivity index (χ4n) is 5.91. The third kappa shape index (κ3) is 5.05. The van der Waals surface area contributed by atoms with E-state index >= 15 is 0 Å². The standard InChI is InChI=1S/C33H36N6O7/c1-18-27(19(2)37(6)36-18)23-10-11-25-24(34-23)15-26(46-25)33(29(41)39(31(43)35-33)17-45-30(42)32(3,4)5)12-13-38-16-20-8-9-21(44-7)14-22(20)28(38)40/h8-11,14-15H,12-13,16-17H2,1-7H3,(H,35,43)/t33-/m0/s1. The van der Waals surface area contributed by atoms with Gasteiger partial charge in [-0.2, -0.15) is 5.10 Å². The molecule has 2 aliphatic rings. The number of imide groups is 1. The van der Waals surface area contributed by atoms with Crippen LogP contribution < -0.4 is 10.1 Å². The fraction of sp³-hybridized carbons (Fsp3) is 0.394. The Morgan fingerprint density at radius 3 is 2.54 bits per heavy atom. The lowest BCUT2D eigenvalue weighted by Gasteiger charge is -2.27. The van der Waals surface area contributed by atoms with Crippen molar-refractivity contribution in [2.75, 3.05) is 20.4 Å². The number of ether oxygens (including phenoxy) is 2. The number of fused-ring (bicyclic) bond motifs is 2. The number of urea groups is 1. The lowest BCUT2D eigenvalue weighted by atomic mass is 9.91. The molecule has 0 radical (unpaired) electrons. The number of nitrogens with one attached hydrogen (secondary N) is 1. The quantitative estimate of drug-likeness (QED) is 0.224. The van der Waals surface area contributed by atoms with E-state index in [-0.39, 0.29) is 24.6 Å². The van der Waals surface area contributed by atoms with Crippen LogP contribution in [0.2, 0.25) is 0 Å². The van der Waals surface area contributed by atoms with Crippen molar-refractivity contribution in [3.8, 4) is 17.0 Å². The number of aromatic nitrogens is 3. The molecule has 13 nitrogen and oxygen atoms in total. The molecule has 1 saturated heterocycles. The topological polar surface area (TPSA) is 149 Å². The van der Waals surface area contributed by atoms with Gasteiger partial charge in [0, 0.05) is 49.4 Å². The van der Waals surface area contributed by atoms with Crippen molar-refractivity contribution in [3.63, 3.8) is 0 Å². The van der Waals surface area contributed by atoms with Crippen LogP contribution in [0.3, 0.4) is 0 Å². The van der Waals surface area contributed by atoms with Crippen LogP contribution in [0.1, 0.15) is 60.3 Å². The van der Waals surface area contributed by atoms with E-state index in [2.05, 4.69) is 10.4 Å². The van der Waals surface area contributed by atoms with Gasteiger partial charge in [0.1, 0.15) is 17.0 Å². The van der Waals surface area contributed by atoms with Gasteiger partial charge in [0.25, 0.3) is 11.8 Å². The highest BCUT2D eigenvalue weighted by molar-refractivity contribution is 6.07. The molecule has 46 heavy (non-hydrogen) atoms. The Hall–Kier alpha value is -5.20. The van der Waals surface area contributed by atoms with E-state index in [4.69, 9.17) is 18.9 Å². The lowest BCUT2D eigenvalue weighted by molar-refractivity contribution is -0.158. The highest BCUT2D eigenvalue weighted by Crippen LogP contribution is 2.38. The summed E-state index contributed by atoms with van der Waals surface area (Å²) < 4.78 is 18.6. The number of carbonyl (C=O) groups is 4. The Kier molecular flexibility index (Phi) is 7.37. The minimum atomic E-state index is -1.70. The van der Waals surface area contributed by atoms with Crippen LogP contribution in [0.4, 0.5) is 4.79 Å². The zero-order valence-electron chi connectivity index (χ0n) is 26.9. The van der Waals surface area contributed by atoms with Crippen molar-refractivity contribution in [2.45, 2.75) is 53.1 Å². The van der Waals surface area contributed by atoms with Gasteiger partial charge in [-0.15, -0.1) is 0 Å². The Labute approximate surface area is 265 Å². The van der Waals surface area contributed by atoms with E-state index in [9.17, 15) is 19.2 Å². The van der Waals surface area contributed by atoms with Gasteiger partial charge in [-0.25, -0.2) is 14.7 Å². The van der Waals surface area contributed by atoms with Gasteiger partial charge in [-0.1, -0.05) is 6.07 Å². The number of methoxy groups -OCH3 is 1. The van der Waals surface area contributed by atoms with Gasteiger partial charge in [0.15, 0.2) is 17.9 Å². The van der Waals surface area contributed by atoms with Crippen molar-refractivity contribution < 1.29 is 33.1 Å². The maximum absolute atomic E-state index is 14.2. The molecule has 1 atom stereocenters. The summed E-state index contributed by atoms with van der Waals surface area (Å²) in [7, 11) is 3.40. The molecule has 13 heteroatoms. The number of esters is 1. The summed E-state index contributed by atoms with van der Waals surface area (Å²) in [6.45, 7) is 8.77. The van der Waals surface area contributed by atoms with Crippen LogP contribution in [0, 0.1) is 19.3 Å². The summed E-state index contributed by atoms with van der Waals surface area (Å²) in [4.78, 5) is 60.6. The maximum Gasteiger partial charge on any atom is 0.328 e. The molecule has 4 amide bonds. The van der Waals surface area contributed by atoms with Crippen LogP contribution in [0.15, 0.2) is 40.8 Å². The number of rotatable bonds is 8. The predicted octanol–water partition coefficient (Wildman–Crippen LogP) is 4.19. The monoisotopic (exact) mass is 628 g/mol. The Morgan fingerprint density at radius 1 is 1.11 bits per heavy atom. The average molecular weight is 629 g/mol. The second-order valence-electron chi connectivity index (χ2n) is 12.7. The van der Waals surface area contributed by atoms with E-state index in [0.717, 1.165) is 27.4 Å². The summed E-state index contributed by atoms with van der Waals surface area (Å²) in [6.07, 6.45) is -0.00828. The van der Waals surface area contributed by atoms with E-state index < -0.39 is 35.6 Å². The van der Waals surface area contributed by atoms with Crippen molar-refractivity contribution in [3.05, 3.63) is 64.7 Å². The average Bonchev–Trinajstić information content (AvgIpc) is 3.71. The molecule has 0 saturated carbocycles. The fourth-order valence-corrected chi connectivity index (χ4v) is 5.91. The van der Waals surface area contributed by atoms with Crippen molar-refractivity contribution in [1.29, 1.82) is 0 Å². The van der Waals surface area contributed by atoms with Gasteiger partial charge < -0.3 is 24.1 Å². The molecule has 1 N–H and O–H groups in total. The minimum Gasteiger partial charge on any atom is -0.497 e. The number of benzene rings is 1. The maximum atomic E-state index is 14.2. The highest BCUT2D eigenvalue weighted by atomic mass is 16.5. The van der Waals surface area contributed by atoms with Gasteiger partial charge in [-0.05, 0) is 64.4 Å². The summed E-state index contributed by atoms with van der Waals surface area (Å²) in [6, 6.07) is 9.79. The van der Waals surface area contributed by atoms with Crippen molar-refractivity contribution in [1.82, 2.24) is 29.9 Å². The third-order valence-corrected chi connectivity index (χ3v) is 8.62. The molecule has 240 valence electrons. The first kappa shape index (κ1) is 30.8. The first-order chi connectivity index (χ1) is 21.7. The smallest absolute Gasteiger partial charge is 0.328 e. The van der Waals surface area contributed by atoms with Crippen LogP contribution in [0.25, 0.3) is 22.4 Å². The Bertz CT molecular complexity index is 1920. The first-order valence-electron chi connectivity index (χ1n) is 14.9. The van der Waals surface area contributed by atoms with Crippen molar-refractivity contribution in [2.24, 2.45) is 12.5 Å². The van der Waals surface area contributed by atoms with Crippen molar-refractivity contribution >= 4 is 34.9 Å². The molecule has 0 unspecified atom stereocenters. The number of hydrogen-bond donors (Lipinski definition) is 1. The molecular weight excluding hydrogens is 592 g/mol. The van der Waals surface area contributed by atoms with E-state index in [0.29, 0.717) is 34.7 Å². The summed E-state index contributed by atoms with van der Waals surface area (Å²) in [5.74, 6) is -0.725. The van der Waals surface area contributed by atoms with Gasteiger partial charge in [-0.3, -0.25) is 19.1 Å². The molecule has 5 heterocycles. The first-order valence-corrected chi connectivity index (χ1v) is 14.9. The molecule has 0 bridgehead atoms. The SMILES string of the molecule is COc1ccc2c(c1)C(=O)N(CC[C@@]1(c3cc4nc(-c5c(C)nn(C)c5C)ccc4o3)NC(=O)N(COC(=O)C(C)(C)C)C1=O)C2. The van der Waals surface area contributed by atoms with Gasteiger partial charge in [0.2, 0.25) is 0 Å². The zero-order chi connectivity index (χ0) is 33.1. The van der Waals surface area contributed by atoms with Crippen LogP contribution in [-0.2, 0) is 33.5 Å². The summed E-state index contributed by atoms with van der Waals surface area (Å²) in [5, 5.41) is 7.30. The van der Waals surface area contributed by atoms with E-state index in [1.807, 2.05) is 33.0 Å². The molecule has 1 aromatic carbocycles. The minimum absolute atomic E-state index is 0.00828. The van der Waals surface area contributed by atoms with Crippen LogP contribution in [-0.4, -0.2) is 68.8 Å². The number of furan rings is 1. The molecular formula is C33H36N6O7. The number of carbonyl (C=O) groups excluding carboxylic acids is 4. The van der Waals surface area contributed by atoms with Crippen LogP contribution in [0.5, 0.6) is 5.75 Å². The zero-order valence-corrected chi connectivity index (χ0v) is 26.9. The third-order valence-electron chi connectivity index (χ3n) is 8.62. The molecule has 0 spiro atoms. The molecule has 4 aromatic rings. The molecule has 3 aromatic heterocycles. The number of nitrogens with zero attached hydrogens (tertiary/aromatic N) is 5. The van der Waals surface area contributed by atoms with E-state index in [1.165, 1.54) is 7.11 Å². The number of pyridine rings is 1. The largest absolute Gasteiger partial charge is 0.497 e. The molecule has 1 fully saturated rings. The normalized spacial score (nSPS) is 18.0. The van der Waals surface area contributed by atoms with Gasteiger partial charge in [0.05, 0.1) is 23.9 Å². The van der Waals surface area contributed by atoms with Crippen LogP contribution >= 0.6 is 0 Å². The lowest BCUT2D eigenvalue weighted by Crippen LogP contribution is -2.46. The Balaban J connectivity index is 1.35. The second-order valence-corrected chi connectivity index (χ2v) is 12.7. The highest BCUT2D eigenvalue weighted by Gasteiger charge is 2.55. The van der Waals surface area contributed by atoms with Gasteiger partial charge >= 0.3 is 12.0 Å². The predicted molar refractivity (Wildman–Crippen MR) is 166 cm³/mol. The number of hydrogen-bond acceptors (Lipinski definition) is 9. The molecule has 6 rings (SSSR count). The molecule has 2 aliphatic heterocycles. The Morgan fingerprint density at radius 2 is 1.87 bits per heavy atom.